The third-order valence-corrected chi connectivity index (χ3v) is 1.14. The SMILES string of the molecule is CS(=O)(=O)CC(=O)[O-]. The second-order valence-electron chi connectivity index (χ2n) is 1.44. The molecule has 0 aliphatic heterocycles. The van der Waals surface area contributed by atoms with E-state index >= 15 is 0 Å². The number of carbonyl (C=O) groups is 1. The van der Waals surface area contributed by atoms with E-state index < -0.39 is 21.6 Å². The molecule has 5 heteroatoms. The minimum atomic E-state index is -3.39. The fourth-order valence-electron chi connectivity index (χ4n) is 0.214. The van der Waals surface area contributed by atoms with Crippen molar-refractivity contribution in [3.8, 4) is 0 Å². The Morgan fingerprint density at radius 2 is 2.00 bits per heavy atom. The molecule has 0 heterocycles. The van der Waals surface area contributed by atoms with Crippen molar-refractivity contribution in [3.63, 3.8) is 0 Å². The zero-order valence-electron chi connectivity index (χ0n) is 4.25. The number of sulfone groups is 1. The summed E-state index contributed by atoms with van der Waals surface area (Å²) in [4.78, 5) is 9.52. The van der Waals surface area contributed by atoms with Crippen molar-refractivity contribution < 1.29 is 18.3 Å². The van der Waals surface area contributed by atoms with Gasteiger partial charge in [0.1, 0.15) is 0 Å². The zero-order valence-corrected chi connectivity index (χ0v) is 5.06. The minimum absolute atomic E-state index is 0.836. The van der Waals surface area contributed by atoms with Crippen LogP contribution in [0.2, 0.25) is 0 Å². The molecule has 0 N–H and O–H groups in total. The highest BCUT2D eigenvalue weighted by molar-refractivity contribution is 7.91. The number of hydrogen-bond acceptors (Lipinski definition) is 4. The van der Waals surface area contributed by atoms with Gasteiger partial charge in [-0.2, -0.15) is 0 Å². The molecule has 0 atom stereocenters. The van der Waals surface area contributed by atoms with E-state index in [1.54, 1.807) is 0 Å². The molecule has 0 saturated heterocycles. The van der Waals surface area contributed by atoms with Gasteiger partial charge < -0.3 is 9.90 Å². The number of carboxylic acid groups (broad SMARTS) is 1. The first-order valence-corrected chi connectivity index (χ1v) is 3.85. The van der Waals surface area contributed by atoms with E-state index in [1.165, 1.54) is 0 Å². The van der Waals surface area contributed by atoms with E-state index in [2.05, 4.69) is 0 Å². The van der Waals surface area contributed by atoms with E-state index in [-0.39, 0.29) is 0 Å². The lowest BCUT2D eigenvalue weighted by atomic mass is 10.8. The van der Waals surface area contributed by atoms with Crippen LogP contribution in [0.3, 0.4) is 0 Å². The number of rotatable bonds is 2. The maximum absolute atomic E-state index is 10.0. The van der Waals surface area contributed by atoms with Crippen LogP contribution in [0, 0.1) is 0 Å². The first kappa shape index (κ1) is 7.42. The average molecular weight is 137 g/mol. The molecule has 48 valence electrons. The lowest BCUT2D eigenvalue weighted by Gasteiger charge is -1.95. The summed E-state index contributed by atoms with van der Waals surface area (Å²) >= 11 is 0. The van der Waals surface area contributed by atoms with Crippen molar-refractivity contribution >= 4 is 15.8 Å². The maximum atomic E-state index is 10.0. The van der Waals surface area contributed by atoms with Gasteiger partial charge in [-0.1, -0.05) is 0 Å². The molecule has 0 aliphatic rings. The first-order chi connectivity index (χ1) is 3.42. The Balaban J connectivity index is 3.95. The highest BCUT2D eigenvalue weighted by Gasteiger charge is 1.99. The van der Waals surface area contributed by atoms with Crippen LogP contribution in [0.15, 0.2) is 0 Å². The van der Waals surface area contributed by atoms with Crippen molar-refractivity contribution in [3.05, 3.63) is 0 Å². The second kappa shape index (κ2) is 2.13. The molecule has 0 amide bonds. The van der Waals surface area contributed by atoms with E-state index in [0.717, 1.165) is 6.26 Å². The molecular formula is C3H5O4S-. The van der Waals surface area contributed by atoms with Crippen molar-refractivity contribution in [1.29, 1.82) is 0 Å². The predicted octanol–water partition coefficient (Wildman–Crippen LogP) is -2.22. The Labute approximate surface area is 47.1 Å². The molecule has 0 aromatic carbocycles. The van der Waals surface area contributed by atoms with Crippen molar-refractivity contribution in [2.75, 3.05) is 12.0 Å². The molecule has 0 aliphatic carbocycles. The Hall–Kier alpha value is -0.580. The van der Waals surface area contributed by atoms with Crippen molar-refractivity contribution in [2.24, 2.45) is 0 Å². The van der Waals surface area contributed by atoms with Crippen LogP contribution in [0.25, 0.3) is 0 Å². The molecule has 0 radical (unpaired) electrons. The monoisotopic (exact) mass is 137 g/mol. The Kier molecular flexibility index (Phi) is 1.97. The highest BCUT2D eigenvalue weighted by Crippen LogP contribution is 1.77. The van der Waals surface area contributed by atoms with Crippen LogP contribution in [0.5, 0.6) is 0 Å². The molecule has 0 saturated carbocycles. The summed E-state index contributed by atoms with van der Waals surface area (Å²) in [5.74, 6) is -2.46. The van der Waals surface area contributed by atoms with Gasteiger partial charge in [0.25, 0.3) is 0 Å². The van der Waals surface area contributed by atoms with E-state index in [9.17, 15) is 18.3 Å². The number of carboxylic acids is 1. The Morgan fingerprint density at radius 3 is 2.00 bits per heavy atom. The molecular weight excluding hydrogens is 132 g/mol. The smallest absolute Gasteiger partial charge is 0.152 e. The zero-order chi connectivity index (χ0) is 6.78. The summed E-state index contributed by atoms with van der Waals surface area (Å²) in [6, 6.07) is 0. The third kappa shape index (κ3) is 5.42. The van der Waals surface area contributed by atoms with Gasteiger partial charge in [-0.15, -0.1) is 0 Å². The molecule has 0 rings (SSSR count). The van der Waals surface area contributed by atoms with E-state index in [4.69, 9.17) is 0 Å². The van der Waals surface area contributed by atoms with Gasteiger partial charge >= 0.3 is 0 Å². The van der Waals surface area contributed by atoms with Crippen molar-refractivity contribution in [1.82, 2.24) is 0 Å². The van der Waals surface area contributed by atoms with Crippen LogP contribution < -0.4 is 5.11 Å². The van der Waals surface area contributed by atoms with Gasteiger partial charge in [-0.3, -0.25) is 0 Å². The molecule has 0 spiro atoms. The summed E-state index contributed by atoms with van der Waals surface area (Å²) in [7, 11) is -3.39. The summed E-state index contributed by atoms with van der Waals surface area (Å²) in [5, 5.41) is 9.52. The third-order valence-electron chi connectivity index (χ3n) is 0.380. The topological polar surface area (TPSA) is 74.3 Å². The molecule has 4 nitrogen and oxygen atoms in total. The molecule has 0 aromatic rings. The number of aliphatic carboxylic acids is 1. The minimum Gasteiger partial charge on any atom is -0.549 e. The maximum Gasteiger partial charge on any atom is 0.152 e. The molecule has 8 heavy (non-hydrogen) atoms. The predicted molar refractivity (Wildman–Crippen MR) is 24.7 cm³/mol. The quantitative estimate of drug-likeness (QED) is 0.432. The van der Waals surface area contributed by atoms with Crippen LogP contribution in [0.1, 0.15) is 0 Å². The second-order valence-corrected chi connectivity index (χ2v) is 3.58. The van der Waals surface area contributed by atoms with Crippen molar-refractivity contribution in [2.45, 2.75) is 0 Å². The molecule has 0 bridgehead atoms. The lowest BCUT2D eigenvalue weighted by molar-refractivity contribution is -0.301. The van der Waals surface area contributed by atoms with Gasteiger partial charge in [-0.05, 0) is 0 Å². The standard InChI is InChI=1S/C3H6O4S/c1-8(6,7)2-3(4)5/h2H2,1H3,(H,4,5)/p-1. The highest BCUT2D eigenvalue weighted by atomic mass is 32.2. The first-order valence-electron chi connectivity index (χ1n) is 1.79. The van der Waals surface area contributed by atoms with Crippen LogP contribution >= 0.6 is 0 Å². The van der Waals surface area contributed by atoms with Gasteiger partial charge in [0, 0.05) is 6.26 Å². The average Bonchev–Trinajstić information content (AvgIpc) is 1.21. The largest absolute Gasteiger partial charge is 0.549 e. The van der Waals surface area contributed by atoms with Gasteiger partial charge in [0.2, 0.25) is 0 Å². The van der Waals surface area contributed by atoms with Gasteiger partial charge in [-0.25, -0.2) is 8.42 Å². The molecule has 0 fully saturated rings. The summed E-state index contributed by atoms with van der Waals surface area (Å²) in [6.07, 6.45) is 0.836. The van der Waals surface area contributed by atoms with E-state index in [1.807, 2.05) is 0 Å². The van der Waals surface area contributed by atoms with Crippen LogP contribution in [0.4, 0.5) is 0 Å². The summed E-state index contributed by atoms with van der Waals surface area (Å²) < 4.78 is 20.0. The Morgan fingerprint density at radius 1 is 1.62 bits per heavy atom. The fraction of sp³-hybridized carbons (Fsp3) is 0.667. The fourth-order valence-corrected chi connectivity index (χ4v) is 0.642. The normalized spacial score (nSPS) is 11.1. The number of carbonyl (C=O) groups excluding carboxylic acids is 1. The van der Waals surface area contributed by atoms with Gasteiger partial charge in [0.05, 0.1) is 11.7 Å². The summed E-state index contributed by atoms with van der Waals surface area (Å²) in [5.41, 5.74) is 0. The summed E-state index contributed by atoms with van der Waals surface area (Å²) in [6.45, 7) is 0. The molecule has 0 aromatic heterocycles. The number of hydrogen-bond donors (Lipinski definition) is 0. The molecule has 0 unspecified atom stereocenters. The Bertz CT molecular complexity index is 177. The van der Waals surface area contributed by atoms with Crippen LogP contribution in [-0.2, 0) is 14.6 Å². The van der Waals surface area contributed by atoms with Gasteiger partial charge in [0.15, 0.2) is 9.84 Å². The van der Waals surface area contributed by atoms with E-state index in [0.29, 0.717) is 0 Å². The lowest BCUT2D eigenvalue weighted by Crippen LogP contribution is -2.29. The van der Waals surface area contributed by atoms with Crippen LogP contribution in [-0.4, -0.2) is 26.4 Å².